The van der Waals surface area contributed by atoms with Gasteiger partial charge in [0.25, 0.3) is 10.1 Å². The first-order valence-electron chi connectivity index (χ1n) is 10.3. The van der Waals surface area contributed by atoms with Crippen LogP contribution in [0, 0.1) is 5.92 Å². The lowest BCUT2D eigenvalue weighted by Gasteiger charge is -2.35. The predicted molar refractivity (Wildman–Crippen MR) is 117 cm³/mol. The van der Waals surface area contributed by atoms with Crippen LogP contribution in [-0.4, -0.2) is 48.3 Å². The van der Waals surface area contributed by atoms with E-state index >= 15 is 0 Å². The maximum atomic E-state index is 10.8. The molecule has 0 aromatic rings. The molecule has 0 aliphatic carbocycles. The van der Waals surface area contributed by atoms with Gasteiger partial charge in [-0.1, -0.05) is 45.9 Å². The van der Waals surface area contributed by atoms with Crippen molar-refractivity contribution in [3.63, 3.8) is 0 Å². The lowest BCUT2D eigenvalue weighted by molar-refractivity contribution is 0.126. The Bertz CT molecular complexity index is 585. The topological polar surface area (TPSA) is 89.9 Å². The SMILES string of the molecule is C=C/C=C(\C(C)C)N(CCCCCC(O)NCC)C(C)CC/C=C/S(=O)(=O)O. The smallest absolute Gasteiger partial charge is 0.287 e. The fraction of sp³-hybridized carbons (Fsp3) is 0.714. The number of hydrogen-bond acceptors (Lipinski definition) is 5. The highest BCUT2D eigenvalue weighted by atomic mass is 32.2. The highest BCUT2D eigenvalue weighted by molar-refractivity contribution is 7.88. The second-order valence-corrected chi connectivity index (χ2v) is 8.71. The molecule has 0 saturated carbocycles. The Balaban J connectivity index is 4.80. The first-order valence-corrected chi connectivity index (χ1v) is 11.8. The van der Waals surface area contributed by atoms with E-state index in [0.29, 0.717) is 12.3 Å². The van der Waals surface area contributed by atoms with E-state index in [0.717, 1.165) is 50.6 Å². The van der Waals surface area contributed by atoms with Gasteiger partial charge in [-0.2, -0.15) is 8.42 Å². The molecule has 0 radical (unpaired) electrons. The zero-order valence-electron chi connectivity index (χ0n) is 18.0. The average molecular weight is 417 g/mol. The fourth-order valence-electron chi connectivity index (χ4n) is 3.16. The minimum Gasteiger partial charge on any atom is -0.379 e. The molecule has 28 heavy (non-hydrogen) atoms. The number of hydrogen-bond donors (Lipinski definition) is 3. The van der Waals surface area contributed by atoms with Crippen LogP contribution in [0.1, 0.15) is 66.2 Å². The molecule has 0 rings (SSSR count). The van der Waals surface area contributed by atoms with E-state index in [9.17, 15) is 13.5 Å². The Morgan fingerprint density at radius 1 is 1.18 bits per heavy atom. The third-order valence-electron chi connectivity index (χ3n) is 4.58. The number of aliphatic hydroxyl groups excluding tert-OH is 1. The second-order valence-electron chi connectivity index (χ2n) is 7.41. The highest BCUT2D eigenvalue weighted by Gasteiger charge is 2.18. The van der Waals surface area contributed by atoms with E-state index in [1.807, 2.05) is 13.0 Å². The van der Waals surface area contributed by atoms with Gasteiger partial charge in [-0.05, 0) is 57.6 Å². The molecule has 0 aliphatic heterocycles. The Morgan fingerprint density at radius 2 is 1.86 bits per heavy atom. The summed E-state index contributed by atoms with van der Waals surface area (Å²) in [4.78, 5) is 2.37. The summed E-state index contributed by atoms with van der Waals surface area (Å²) in [6.45, 7) is 13.9. The third kappa shape index (κ3) is 13.1. The molecule has 0 aromatic heterocycles. The Hall–Kier alpha value is -1.15. The van der Waals surface area contributed by atoms with Crippen molar-refractivity contribution in [1.29, 1.82) is 0 Å². The zero-order valence-corrected chi connectivity index (χ0v) is 18.8. The van der Waals surface area contributed by atoms with Gasteiger partial charge in [0.15, 0.2) is 0 Å². The average Bonchev–Trinajstić information content (AvgIpc) is 2.59. The van der Waals surface area contributed by atoms with Crippen molar-refractivity contribution in [2.45, 2.75) is 78.5 Å². The van der Waals surface area contributed by atoms with Crippen molar-refractivity contribution in [3.8, 4) is 0 Å². The van der Waals surface area contributed by atoms with Crippen LogP contribution in [0.25, 0.3) is 0 Å². The zero-order chi connectivity index (χ0) is 21.6. The maximum absolute atomic E-state index is 10.8. The van der Waals surface area contributed by atoms with Crippen LogP contribution in [-0.2, 0) is 10.1 Å². The van der Waals surface area contributed by atoms with Crippen LogP contribution in [0.4, 0.5) is 0 Å². The van der Waals surface area contributed by atoms with E-state index in [-0.39, 0.29) is 6.04 Å². The number of allylic oxidation sites excluding steroid dienone is 4. The summed E-state index contributed by atoms with van der Waals surface area (Å²) in [5.41, 5.74) is 1.22. The van der Waals surface area contributed by atoms with Crippen molar-refractivity contribution in [3.05, 3.63) is 35.9 Å². The molecule has 0 aliphatic rings. The van der Waals surface area contributed by atoms with Gasteiger partial charge in [0.05, 0.1) is 5.41 Å². The first-order chi connectivity index (χ1) is 13.1. The number of nitrogens with zero attached hydrogens (tertiary/aromatic N) is 1. The van der Waals surface area contributed by atoms with Crippen LogP contribution in [0.15, 0.2) is 35.9 Å². The fourth-order valence-corrected chi connectivity index (χ4v) is 3.54. The van der Waals surface area contributed by atoms with Crippen molar-refractivity contribution in [2.75, 3.05) is 13.1 Å². The molecule has 164 valence electrons. The summed E-state index contributed by atoms with van der Waals surface area (Å²) in [6, 6.07) is 0.229. The highest BCUT2D eigenvalue weighted by Crippen LogP contribution is 2.22. The summed E-state index contributed by atoms with van der Waals surface area (Å²) in [7, 11) is -4.06. The molecule has 0 amide bonds. The van der Waals surface area contributed by atoms with Crippen molar-refractivity contribution < 1.29 is 18.1 Å². The van der Waals surface area contributed by atoms with Gasteiger partial charge in [-0.15, -0.1) is 0 Å². The quantitative estimate of drug-likeness (QED) is 0.152. The van der Waals surface area contributed by atoms with Crippen molar-refractivity contribution >= 4 is 10.1 Å². The van der Waals surface area contributed by atoms with Gasteiger partial charge in [-0.25, -0.2) is 0 Å². The molecular formula is C21H40N2O4S. The van der Waals surface area contributed by atoms with E-state index in [1.54, 1.807) is 6.08 Å². The summed E-state index contributed by atoms with van der Waals surface area (Å²) in [6.07, 6.45) is 10.1. The summed E-state index contributed by atoms with van der Waals surface area (Å²) in [5.74, 6) is 0.351. The van der Waals surface area contributed by atoms with E-state index in [1.165, 1.54) is 11.8 Å². The Kier molecular flexibility index (Phi) is 14.2. The molecule has 2 unspecified atom stereocenters. The third-order valence-corrected chi connectivity index (χ3v) is 5.12. The predicted octanol–water partition coefficient (Wildman–Crippen LogP) is 4.07. The van der Waals surface area contributed by atoms with Gasteiger partial charge in [0.2, 0.25) is 0 Å². The minimum absolute atomic E-state index is 0.229. The van der Waals surface area contributed by atoms with E-state index in [4.69, 9.17) is 4.55 Å². The lowest BCUT2D eigenvalue weighted by atomic mass is 10.0. The van der Waals surface area contributed by atoms with Gasteiger partial charge in [-0.3, -0.25) is 9.87 Å². The monoisotopic (exact) mass is 416 g/mol. The summed E-state index contributed by atoms with van der Waals surface area (Å²) >= 11 is 0. The Labute approximate surface area is 172 Å². The number of rotatable bonds is 16. The van der Waals surface area contributed by atoms with Crippen LogP contribution >= 0.6 is 0 Å². The maximum Gasteiger partial charge on any atom is 0.287 e. The molecule has 3 N–H and O–H groups in total. The number of nitrogens with one attached hydrogen (secondary N) is 1. The summed E-state index contributed by atoms with van der Waals surface area (Å²) < 4.78 is 30.4. The molecule has 7 heteroatoms. The molecule has 0 fully saturated rings. The van der Waals surface area contributed by atoms with Gasteiger partial charge in [0, 0.05) is 18.3 Å². The van der Waals surface area contributed by atoms with Crippen LogP contribution in [0.3, 0.4) is 0 Å². The van der Waals surface area contributed by atoms with Crippen molar-refractivity contribution in [2.24, 2.45) is 5.92 Å². The molecule has 0 heterocycles. The van der Waals surface area contributed by atoms with E-state index < -0.39 is 16.3 Å². The molecule has 0 bridgehead atoms. The number of unbranched alkanes of at least 4 members (excludes halogenated alkanes) is 2. The van der Waals surface area contributed by atoms with Gasteiger partial charge >= 0.3 is 0 Å². The van der Waals surface area contributed by atoms with Crippen LogP contribution in [0.5, 0.6) is 0 Å². The molecule has 0 saturated heterocycles. The molecule has 2 atom stereocenters. The first kappa shape index (κ1) is 26.9. The minimum atomic E-state index is -4.06. The largest absolute Gasteiger partial charge is 0.379 e. The van der Waals surface area contributed by atoms with Crippen molar-refractivity contribution in [1.82, 2.24) is 10.2 Å². The molecule has 0 spiro atoms. The van der Waals surface area contributed by atoms with Gasteiger partial charge < -0.3 is 10.0 Å². The molecule has 0 aromatic carbocycles. The lowest BCUT2D eigenvalue weighted by Crippen LogP contribution is -2.35. The number of aliphatic hydroxyl groups is 1. The molecule has 6 nitrogen and oxygen atoms in total. The molecular weight excluding hydrogens is 376 g/mol. The van der Waals surface area contributed by atoms with Gasteiger partial charge in [0.1, 0.15) is 6.23 Å². The van der Waals surface area contributed by atoms with E-state index in [2.05, 4.69) is 37.6 Å². The Morgan fingerprint density at radius 3 is 2.39 bits per heavy atom. The second kappa shape index (κ2) is 14.8. The van der Waals surface area contributed by atoms with Crippen LogP contribution < -0.4 is 5.32 Å². The summed E-state index contributed by atoms with van der Waals surface area (Å²) in [5, 5.41) is 13.6. The van der Waals surface area contributed by atoms with Crippen LogP contribution in [0.2, 0.25) is 0 Å². The normalized spacial score (nSPS) is 15.2. The standard InChI is InChI=1S/C21H40N2O4S/c1-6-13-20(18(3)4)23(16-11-8-9-15-21(24)22-7-2)19(5)14-10-12-17-28(25,26)27/h6,12-13,17-19,21-22,24H,1,7-11,14-16H2,2-5H3,(H,25,26,27)/b17-12+,20-13+.